The normalized spacial score (nSPS) is 16.1. The van der Waals surface area contributed by atoms with E-state index in [4.69, 9.17) is 5.73 Å². The summed E-state index contributed by atoms with van der Waals surface area (Å²) in [7, 11) is 2.09. The third-order valence-electron chi connectivity index (χ3n) is 3.91. The highest BCUT2D eigenvalue weighted by Crippen LogP contribution is 2.28. The number of nitriles is 2. The predicted molar refractivity (Wildman–Crippen MR) is 81.8 cm³/mol. The van der Waals surface area contributed by atoms with Crippen molar-refractivity contribution in [3.63, 3.8) is 0 Å². The molecule has 2 N–H and O–H groups in total. The first kappa shape index (κ1) is 15.1. The van der Waals surface area contributed by atoms with Gasteiger partial charge in [0, 0.05) is 19.6 Å². The van der Waals surface area contributed by atoms with Gasteiger partial charge < -0.3 is 15.5 Å². The number of hydrogen-bond acceptors (Lipinski definition) is 6. The molecule has 0 amide bonds. The van der Waals surface area contributed by atoms with Gasteiger partial charge in [-0.3, -0.25) is 0 Å². The first-order valence-corrected chi connectivity index (χ1v) is 7.18. The van der Waals surface area contributed by atoms with Crippen LogP contribution >= 0.6 is 0 Å². The van der Waals surface area contributed by atoms with Crippen LogP contribution < -0.4 is 10.6 Å². The summed E-state index contributed by atoms with van der Waals surface area (Å²) in [6.45, 7) is 5.54. The molecule has 6 heteroatoms. The molecule has 0 aromatic carbocycles. The molecule has 0 saturated carbocycles. The van der Waals surface area contributed by atoms with E-state index >= 15 is 0 Å². The highest BCUT2D eigenvalue weighted by atomic mass is 15.2. The van der Waals surface area contributed by atoms with Crippen LogP contribution in [0.3, 0.4) is 0 Å². The lowest BCUT2D eigenvalue weighted by molar-refractivity contribution is 0.360. The molecule has 1 aliphatic rings. The fraction of sp³-hybridized carbons (Fsp3) is 0.533. The number of hydrogen-bond donors (Lipinski definition) is 1. The van der Waals surface area contributed by atoms with E-state index in [9.17, 15) is 10.5 Å². The van der Waals surface area contributed by atoms with Gasteiger partial charge in [0.2, 0.25) is 0 Å². The molecule has 0 spiro atoms. The second-order valence-electron chi connectivity index (χ2n) is 5.27. The lowest BCUT2D eigenvalue weighted by Crippen LogP contribution is -2.30. The SMILES string of the molecule is CCc1c(C#N)c(N)nc(N2CCCN(C)CC2)c1C#N. The average Bonchev–Trinajstić information content (AvgIpc) is 2.70. The van der Waals surface area contributed by atoms with Crippen molar-refractivity contribution in [3.8, 4) is 12.1 Å². The Morgan fingerprint density at radius 3 is 2.48 bits per heavy atom. The molecule has 1 aromatic rings. The molecule has 6 nitrogen and oxygen atoms in total. The molecule has 2 heterocycles. The second-order valence-corrected chi connectivity index (χ2v) is 5.27. The number of rotatable bonds is 2. The molecule has 0 radical (unpaired) electrons. The molecule has 0 unspecified atom stereocenters. The van der Waals surface area contributed by atoms with Gasteiger partial charge in [0.05, 0.1) is 11.1 Å². The fourth-order valence-electron chi connectivity index (χ4n) is 2.72. The van der Waals surface area contributed by atoms with Crippen molar-refractivity contribution in [2.45, 2.75) is 19.8 Å². The highest BCUT2D eigenvalue weighted by Gasteiger charge is 2.22. The Balaban J connectivity index is 2.51. The number of nitrogens with zero attached hydrogens (tertiary/aromatic N) is 5. The Morgan fingerprint density at radius 2 is 1.86 bits per heavy atom. The molecule has 1 aromatic heterocycles. The molecule has 21 heavy (non-hydrogen) atoms. The lowest BCUT2D eigenvalue weighted by atomic mass is 10.0. The maximum atomic E-state index is 9.52. The summed E-state index contributed by atoms with van der Waals surface area (Å²) in [5.41, 5.74) is 7.46. The van der Waals surface area contributed by atoms with Crippen LogP contribution in [-0.2, 0) is 6.42 Å². The maximum Gasteiger partial charge on any atom is 0.149 e. The van der Waals surface area contributed by atoms with E-state index in [1.54, 1.807) is 0 Å². The van der Waals surface area contributed by atoms with E-state index in [1.807, 2.05) is 6.92 Å². The zero-order chi connectivity index (χ0) is 15.4. The zero-order valence-electron chi connectivity index (χ0n) is 12.6. The Labute approximate surface area is 125 Å². The zero-order valence-corrected chi connectivity index (χ0v) is 12.6. The summed E-state index contributed by atoms with van der Waals surface area (Å²) in [5, 5.41) is 18.7. The van der Waals surface area contributed by atoms with Gasteiger partial charge in [-0.15, -0.1) is 0 Å². The first-order chi connectivity index (χ1) is 10.1. The largest absolute Gasteiger partial charge is 0.383 e. The minimum absolute atomic E-state index is 0.223. The van der Waals surface area contributed by atoms with Gasteiger partial charge in [-0.1, -0.05) is 6.92 Å². The fourth-order valence-corrected chi connectivity index (χ4v) is 2.72. The topological polar surface area (TPSA) is 93.0 Å². The first-order valence-electron chi connectivity index (χ1n) is 7.18. The molecule has 1 fully saturated rings. The summed E-state index contributed by atoms with van der Waals surface area (Å²) < 4.78 is 0. The van der Waals surface area contributed by atoms with Crippen LogP contribution in [0.2, 0.25) is 0 Å². The summed E-state index contributed by atoms with van der Waals surface area (Å²) in [5.74, 6) is 0.849. The van der Waals surface area contributed by atoms with E-state index in [1.165, 1.54) is 0 Å². The van der Waals surface area contributed by atoms with Crippen LogP contribution in [0.25, 0.3) is 0 Å². The van der Waals surface area contributed by atoms with E-state index in [0.717, 1.165) is 32.6 Å². The quantitative estimate of drug-likeness (QED) is 0.874. The Hall–Kier alpha value is -2.31. The highest BCUT2D eigenvalue weighted by molar-refractivity contribution is 5.68. The van der Waals surface area contributed by atoms with Crippen molar-refractivity contribution >= 4 is 11.6 Å². The van der Waals surface area contributed by atoms with Crippen LogP contribution in [-0.4, -0.2) is 43.1 Å². The van der Waals surface area contributed by atoms with Gasteiger partial charge in [-0.25, -0.2) is 4.98 Å². The summed E-state index contributed by atoms with van der Waals surface area (Å²) in [6.07, 6.45) is 1.61. The van der Waals surface area contributed by atoms with E-state index < -0.39 is 0 Å². The molecular weight excluding hydrogens is 264 g/mol. The van der Waals surface area contributed by atoms with Gasteiger partial charge in [0.15, 0.2) is 0 Å². The van der Waals surface area contributed by atoms with Crippen LogP contribution in [0, 0.1) is 22.7 Å². The third kappa shape index (κ3) is 2.91. The van der Waals surface area contributed by atoms with Gasteiger partial charge >= 0.3 is 0 Å². The van der Waals surface area contributed by atoms with Gasteiger partial charge in [0.1, 0.15) is 23.8 Å². The Bertz CT molecular complexity index is 610. The maximum absolute atomic E-state index is 9.52. The van der Waals surface area contributed by atoms with Crippen LogP contribution in [0.4, 0.5) is 11.6 Å². The number of anilines is 2. The average molecular weight is 284 g/mol. The third-order valence-corrected chi connectivity index (χ3v) is 3.91. The molecule has 2 rings (SSSR count). The summed E-state index contributed by atoms with van der Waals surface area (Å²) in [6, 6.07) is 4.30. The number of aromatic nitrogens is 1. The van der Waals surface area contributed by atoms with Crippen LogP contribution in [0.15, 0.2) is 0 Å². The van der Waals surface area contributed by atoms with Crippen molar-refractivity contribution in [1.29, 1.82) is 10.5 Å². The lowest BCUT2D eigenvalue weighted by Gasteiger charge is -2.24. The molecule has 0 bridgehead atoms. The van der Waals surface area contributed by atoms with Gasteiger partial charge in [-0.05, 0) is 32.0 Å². The minimum Gasteiger partial charge on any atom is -0.383 e. The van der Waals surface area contributed by atoms with Crippen molar-refractivity contribution in [2.24, 2.45) is 0 Å². The molecule has 0 aliphatic carbocycles. The minimum atomic E-state index is 0.223. The van der Waals surface area contributed by atoms with Crippen LogP contribution in [0.5, 0.6) is 0 Å². The van der Waals surface area contributed by atoms with Gasteiger partial charge in [0.25, 0.3) is 0 Å². The number of likely N-dealkylation sites (N-methyl/N-ethyl adjacent to an activating group) is 1. The monoisotopic (exact) mass is 284 g/mol. The summed E-state index contributed by atoms with van der Waals surface area (Å²) in [4.78, 5) is 8.73. The number of nitrogens with two attached hydrogens (primary N) is 1. The predicted octanol–water partition coefficient (Wildman–Crippen LogP) is 1.11. The Morgan fingerprint density at radius 1 is 1.14 bits per heavy atom. The molecule has 1 aliphatic heterocycles. The molecular formula is C15H20N6. The van der Waals surface area contributed by atoms with Crippen molar-refractivity contribution in [1.82, 2.24) is 9.88 Å². The van der Waals surface area contributed by atoms with Crippen LogP contribution in [0.1, 0.15) is 30.0 Å². The van der Waals surface area contributed by atoms with Gasteiger partial charge in [-0.2, -0.15) is 10.5 Å². The van der Waals surface area contributed by atoms with Crippen molar-refractivity contribution in [3.05, 3.63) is 16.7 Å². The van der Waals surface area contributed by atoms with E-state index in [-0.39, 0.29) is 5.82 Å². The molecule has 1 saturated heterocycles. The summed E-state index contributed by atoms with van der Waals surface area (Å²) >= 11 is 0. The standard InChI is InChI=1S/C15H20N6/c1-3-11-12(9-16)14(18)19-15(13(11)10-17)21-6-4-5-20(2)7-8-21/h3-8H2,1-2H3,(H2,18,19). The van der Waals surface area contributed by atoms with E-state index in [0.29, 0.717) is 28.9 Å². The molecule has 110 valence electrons. The molecule has 0 atom stereocenters. The second kappa shape index (κ2) is 6.43. The number of nitrogen functional groups attached to an aromatic ring is 1. The Kier molecular flexibility index (Phi) is 4.62. The van der Waals surface area contributed by atoms with Crippen molar-refractivity contribution < 1.29 is 0 Å². The van der Waals surface area contributed by atoms with Crippen molar-refractivity contribution in [2.75, 3.05) is 43.9 Å². The van der Waals surface area contributed by atoms with E-state index in [2.05, 4.69) is 34.0 Å². The smallest absolute Gasteiger partial charge is 0.149 e. The number of pyridine rings is 1.